The molecule has 0 amide bonds. The second kappa shape index (κ2) is 8.63. The van der Waals surface area contributed by atoms with Gasteiger partial charge in [-0.05, 0) is 63.9 Å². The predicted molar refractivity (Wildman–Crippen MR) is 129 cm³/mol. The Morgan fingerprint density at radius 3 is 2.48 bits per heavy atom. The van der Waals surface area contributed by atoms with E-state index in [9.17, 15) is 9.18 Å². The van der Waals surface area contributed by atoms with Gasteiger partial charge in [-0.1, -0.05) is 41.6 Å². The summed E-state index contributed by atoms with van der Waals surface area (Å²) in [5.41, 5.74) is 5.25. The van der Waals surface area contributed by atoms with Crippen molar-refractivity contribution in [3.63, 3.8) is 0 Å². The average Bonchev–Trinajstić information content (AvgIpc) is 3.47. The third kappa shape index (κ3) is 4.13. The lowest BCUT2D eigenvalue weighted by Crippen LogP contribution is -2.07. The van der Waals surface area contributed by atoms with Crippen molar-refractivity contribution in [2.24, 2.45) is 0 Å². The van der Waals surface area contributed by atoms with Gasteiger partial charge in [0, 0.05) is 28.7 Å². The number of hydrogen-bond acceptors (Lipinski definition) is 4. The Hall–Kier alpha value is -3.19. The smallest absolute Gasteiger partial charge is 0.196 e. The van der Waals surface area contributed by atoms with E-state index in [1.54, 1.807) is 18.2 Å². The Kier molecular flexibility index (Phi) is 5.66. The second-order valence-corrected chi connectivity index (χ2v) is 9.50. The summed E-state index contributed by atoms with van der Waals surface area (Å²) in [6.45, 7) is 6.10. The van der Waals surface area contributed by atoms with Gasteiger partial charge in [0.2, 0.25) is 0 Å². The monoisotopic (exact) mass is 460 g/mol. The molecule has 5 nitrogen and oxygen atoms in total. The zero-order valence-electron chi connectivity index (χ0n) is 18.9. The number of hydrogen-bond donors (Lipinski definition) is 0. The van der Waals surface area contributed by atoms with Crippen LogP contribution in [0.2, 0.25) is 0 Å². The Balaban J connectivity index is 1.47. The summed E-state index contributed by atoms with van der Waals surface area (Å²) in [6, 6.07) is 17.0. The molecule has 7 heteroatoms. The van der Waals surface area contributed by atoms with Crippen molar-refractivity contribution >= 4 is 17.5 Å². The largest absolute Gasteiger partial charge is 0.345 e. The highest BCUT2D eigenvalue weighted by molar-refractivity contribution is 7.99. The molecule has 2 aromatic heterocycles. The molecule has 1 saturated carbocycles. The quantitative estimate of drug-likeness (QED) is 0.247. The van der Waals surface area contributed by atoms with Gasteiger partial charge in [-0.25, -0.2) is 4.39 Å². The molecule has 1 aliphatic rings. The lowest BCUT2D eigenvalue weighted by Gasteiger charge is -2.11. The molecule has 0 N–H and O–H groups in total. The zero-order valence-corrected chi connectivity index (χ0v) is 19.7. The summed E-state index contributed by atoms with van der Waals surface area (Å²) in [4.78, 5) is 13.1. The molecule has 0 atom stereocenters. The molecule has 2 heterocycles. The van der Waals surface area contributed by atoms with E-state index in [0.717, 1.165) is 28.2 Å². The number of carbonyl (C=O) groups excluding carboxylic acids is 1. The van der Waals surface area contributed by atoms with Gasteiger partial charge in [-0.15, -0.1) is 10.2 Å². The third-order valence-corrected chi connectivity index (χ3v) is 7.00. The highest BCUT2D eigenvalue weighted by Crippen LogP contribution is 2.38. The van der Waals surface area contributed by atoms with Crippen LogP contribution in [0.5, 0.6) is 0 Å². The van der Waals surface area contributed by atoms with Crippen LogP contribution in [0, 0.1) is 26.6 Å². The lowest BCUT2D eigenvalue weighted by atomic mass is 10.2. The molecule has 168 valence electrons. The first kappa shape index (κ1) is 21.6. The first-order chi connectivity index (χ1) is 15.9. The molecule has 5 rings (SSSR count). The summed E-state index contributed by atoms with van der Waals surface area (Å²) in [5.74, 6) is 0.346. The summed E-state index contributed by atoms with van der Waals surface area (Å²) in [7, 11) is 0. The van der Waals surface area contributed by atoms with Gasteiger partial charge in [-0.3, -0.25) is 9.36 Å². The molecule has 0 saturated heterocycles. The van der Waals surface area contributed by atoms with Gasteiger partial charge in [0.05, 0.1) is 11.3 Å². The second-order valence-electron chi connectivity index (χ2n) is 8.55. The van der Waals surface area contributed by atoms with Gasteiger partial charge >= 0.3 is 0 Å². The summed E-state index contributed by atoms with van der Waals surface area (Å²) in [6.07, 6.45) is 2.36. The Labute approximate surface area is 196 Å². The van der Waals surface area contributed by atoms with E-state index >= 15 is 0 Å². The first-order valence-corrected chi connectivity index (χ1v) is 12.0. The zero-order chi connectivity index (χ0) is 23.1. The van der Waals surface area contributed by atoms with Crippen molar-refractivity contribution in [2.75, 3.05) is 5.75 Å². The maximum Gasteiger partial charge on any atom is 0.196 e. The molecular weight excluding hydrogens is 435 g/mol. The van der Waals surface area contributed by atoms with E-state index in [1.807, 2.05) is 48.7 Å². The normalized spacial score (nSPS) is 13.5. The molecular formula is C26H25FN4OS. The van der Waals surface area contributed by atoms with Gasteiger partial charge in [0.15, 0.2) is 16.8 Å². The van der Waals surface area contributed by atoms with E-state index < -0.39 is 0 Å². The van der Waals surface area contributed by atoms with Gasteiger partial charge in [0.25, 0.3) is 0 Å². The number of rotatable bonds is 7. The van der Waals surface area contributed by atoms with Crippen molar-refractivity contribution in [1.29, 1.82) is 0 Å². The number of nitrogens with zero attached hydrogens (tertiary/aromatic N) is 4. The molecule has 4 aromatic rings. The predicted octanol–water partition coefficient (Wildman–Crippen LogP) is 6.11. The van der Waals surface area contributed by atoms with Crippen molar-refractivity contribution in [3.8, 4) is 17.1 Å². The Bertz CT molecular complexity index is 1340. The Morgan fingerprint density at radius 2 is 1.79 bits per heavy atom. The summed E-state index contributed by atoms with van der Waals surface area (Å²) >= 11 is 1.33. The van der Waals surface area contributed by atoms with Crippen molar-refractivity contribution in [1.82, 2.24) is 19.3 Å². The van der Waals surface area contributed by atoms with Crippen molar-refractivity contribution in [3.05, 3.63) is 82.9 Å². The van der Waals surface area contributed by atoms with Gasteiger partial charge < -0.3 is 4.57 Å². The molecule has 33 heavy (non-hydrogen) atoms. The van der Waals surface area contributed by atoms with Crippen LogP contribution in [-0.4, -0.2) is 30.9 Å². The number of benzene rings is 2. The van der Waals surface area contributed by atoms with Gasteiger partial charge in [-0.2, -0.15) is 0 Å². The van der Waals surface area contributed by atoms with Crippen molar-refractivity contribution < 1.29 is 9.18 Å². The van der Waals surface area contributed by atoms with Crippen LogP contribution in [-0.2, 0) is 0 Å². The fraction of sp³-hybridized carbons (Fsp3) is 0.269. The highest BCUT2D eigenvalue weighted by atomic mass is 32.2. The molecule has 0 bridgehead atoms. The number of halogens is 1. The number of thioether (sulfide) groups is 1. The minimum Gasteiger partial charge on any atom is -0.345 e. The number of Topliss-reactive ketones (excluding diaryl/α,β-unsaturated/α-hetero) is 1. The van der Waals surface area contributed by atoms with E-state index in [1.165, 1.54) is 30.7 Å². The number of ketones is 1. The van der Waals surface area contributed by atoms with E-state index in [0.29, 0.717) is 22.6 Å². The van der Waals surface area contributed by atoms with Crippen LogP contribution in [0.1, 0.15) is 46.2 Å². The molecule has 1 aliphatic carbocycles. The van der Waals surface area contributed by atoms with Crippen LogP contribution in [0.3, 0.4) is 0 Å². The van der Waals surface area contributed by atoms with E-state index in [-0.39, 0.29) is 17.4 Å². The molecule has 0 radical (unpaired) electrons. The fourth-order valence-electron chi connectivity index (χ4n) is 4.27. The van der Waals surface area contributed by atoms with Crippen LogP contribution in [0.15, 0.2) is 59.8 Å². The summed E-state index contributed by atoms with van der Waals surface area (Å²) < 4.78 is 18.7. The van der Waals surface area contributed by atoms with Crippen molar-refractivity contribution in [2.45, 2.75) is 44.8 Å². The summed E-state index contributed by atoms with van der Waals surface area (Å²) in [5, 5.41) is 9.19. The van der Waals surface area contributed by atoms with Crippen LogP contribution in [0.4, 0.5) is 4.39 Å². The molecule has 2 aromatic carbocycles. The first-order valence-electron chi connectivity index (χ1n) is 11.1. The number of carbonyl (C=O) groups is 1. The minimum absolute atomic E-state index is 0.0610. The highest BCUT2D eigenvalue weighted by Gasteiger charge is 2.28. The SMILES string of the molecule is Cc1ccc(-n2c(SCC(=O)c3cc(C)n(C4CC4)c3C)nnc2-c2ccccc2F)cc1. The van der Waals surface area contributed by atoms with E-state index in [4.69, 9.17) is 0 Å². The molecule has 1 fully saturated rings. The standard InChI is InChI=1S/C26H25FN4OS/c1-16-8-10-20(11-9-16)31-25(21-6-4-5-7-23(21)27)28-29-26(31)33-15-24(32)22-14-17(2)30(18(22)3)19-12-13-19/h4-11,14,19H,12-13,15H2,1-3H3. The van der Waals surface area contributed by atoms with Crippen LogP contribution >= 0.6 is 11.8 Å². The number of aromatic nitrogens is 4. The maximum absolute atomic E-state index is 14.6. The van der Waals surface area contributed by atoms with Crippen LogP contribution in [0.25, 0.3) is 17.1 Å². The molecule has 0 unspecified atom stereocenters. The molecule has 0 spiro atoms. The minimum atomic E-state index is -0.363. The van der Waals surface area contributed by atoms with Gasteiger partial charge in [0.1, 0.15) is 5.82 Å². The third-order valence-electron chi connectivity index (χ3n) is 6.07. The topological polar surface area (TPSA) is 52.7 Å². The number of aryl methyl sites for hydroxylation is 2. The van der Waals surface area contributed by atoms with E-state index in [2.05, 4.69) is 21.7 Å². The lowest BCUT2D eigenvalue weighted by molar-refractivity contribution is 0.102. The average molecular weight is 461 g/mol. The molecule has 0 aliphatic heterocycles. The van der Waals surface area contributed by atoms with Crippen LogP contribution < -0.4 is 0 Å². The maximum atomic E-state index is 14.6. The fourth-order valence-corrected chi connectivity index (χ4v) is 5.10. The Morgan fingerprint density at radius 1 is 1.06 bits per heavy atom.